The molecule has 2 N–H and O–H groups in total. The van der Waals surface area contributed by atoms with Gasteiger partial charge in [-0.15, -0.1) is 0 Å². The van der Waals surface area contributed by atoms with Crippen LogP contribution >= 0.6 is 15.9 Å². The fourth-order valence-corrected chi connectivity index (χ4v) is 1.74. The number of nitrogens with zero attached hydrogens (tertiary/aromatic N) is 3. The number of amides is 2. The van der Waals surface area contributed by atoms with E-state index in [2.05, 4.69) is 36.4 Å². The van der Waals surface area contributed by atoms with Gasteiger partial charge in [-0.25, -0.2) is 4.98 Å². The van der Waals surface area contributed by atoms with Crippen molar-refractivity contribution in [1.29, 1.82) is 0 Å². The summed E-state index contributed by atoms with van der Waals surface area (Å²) in [5.41, 5.74) is 0. The number of nitrogens with one attached hydrogen (secondary N) is 2. The van der Waals surface area contributed by atoms with Gasteiger partial charge in [-0.05, 0) is 28.1 Å². The van der Waals surface area contributed by atoms with E-state index in [-0.39, 0.29) is 18.2 Å². The Morgan fingerprint density at radius 1 is 1.50 bits per heavy atom. The zero-order valence-electron chi connectivity index (χ0n) is 10.6. The third-order valence-electron chi connectivity index (χ3n) is 2.47. The molecule has 0 bridgehead atoms. The minimum atomic E-state index is -0.447. The number of halogens is 1. The smallest absolute Gasteiger partial charge is 0.287 e. The molecule has 0 radical (unpaired) electrons. The Labute approximate surface area is 122 Å². The van der Waals surface area contributed by atoms with E-state index in [0.717, 1.165) is 0 Å². The van der Waals surface area contributed by atoms with Crippen molar-refractivity contribution in [2.45, 2.75) is 6.54 Å². The Morgan fingerprint density at radius 2 is 2.30 bits per heavy atom. The minimum absolute atomic E-state index is 0.123. The monoisotopic (exact) mass is 341 g/mol. The first-order valence-corrected chi connectivity index (χ1v) is 6.47. The molecule has 9 heteroatoms. The Bertz CT molecular complexity index is 595. The number of H-pyrrole nitrogens is 1. The molecule has 0 atom stereocenters. The third-order valence-corrected chi connectivity index (χ3v) is 2.90. The van der Waals surface area contributed by atoms with Gasteiger partial charge in [0.05, 0.1) is 13.1 Å². The number of likely N-dealkylation sites (N-methyl/N-ethyl adjacent to an activating group) is 1. The Morgan fingerprint density at radius 3 is 2.90 bits per heavy atom. The lowest BCUT2D eigenvalue weighted by molar-refractivity contribution is -0.129. The number of carbonyl (C=O) groups excluding carboxylic acids is 2. The highest BCUT2D eigenvalue weighted by Gasteiger charge is 2.14. The highest BCUT2D eigenvalue weighted by molar-refractivity contribution is 9.10. The molecule has 0 saturated carbocycles. The molecule has 2 heterocycles. The molecule has 0 aliphatic rings. The van der Waals surface area contributed by atoms with E-state index < -0.39 is 5.91 Å². The van der Waals surface area contributed by atoms with Crippen LogP contribution in [0.25, 0.3) is 0 Å². The van der Waals surface area contributed by atoms with Crippen LogP contribution in [0.1, 0.15) is 16.4 Å². The van der Waals surface area contributed by atoms with Crippen molar-refractivity contribution in [1.82, 2.24) is 25.4 Å². The van der Waals surface area contributed by atoms with E-state index in [1.165, 1.54) is 17.3 Å². The normalized spacial score (nSPS) is 10.3. The van der Waals surface area contributed by atoms with Gasteiger partial charge in [0, 0.05) is 7.05 Å². The zero-order valence-corrected chi connectivity index (χ0v) is 12.2. The van der Waals surface area contributed by atoms with Gasteiger partial charge < -0.3 is 14.6 Å². The zero-order chi connectivity index (χ0) is 14.5. The molecule has 20 heavy (non-hydrogen) atoms. The Kier molecular flexibility index (Phi) is 4.51. The average Bonchev–Trinajstić information content (AvgIpc) is 3.07. The lowest BCUT2D eigenvalue weighted by Crippen LogP contribution is -2.37. The molecule has 0 unspecified atom stereocenters. The SMILES string of the molecule is CN(Cc1ncn[nH]1)C(=O)CNC(=O)c1ccc(Br)o1. The minimum Gasteiger partial charge on any atom is -0.444 e. The van der Waals surface area contributed by atoms with Crippen LogP contribution in [-0.2, 0) is 11.3 Å². The van der Waals surface area contributed by atoms with Gasteiger partial charge in [0.2, 0.25) is 5.91 Å². The molecule has 106 valence electrons. The molecule has 0 aromatic carbocycles. The molecule has 2 aromatic rings. The second-order valence-corrected chi connectivity index (χ2v) is 4.75. The lowest BCUT2D eigenvalue weighted by Gasteiger charge is -2.15. The summed E-state index contributed by atoms with van der Waals surface area (Å²) >= 11 is 3.10. The van der Waals surface area contributed by atoms with Gasteiger partial charge in [-0.2, -0.15) is 5.10 Å². The molecule has 0 saturated heterocycles. The predicted octanol–water partition coefficient (Wildman–Crippen LogP) is 0.549. The first-order chi connectivity index (χ1) is 9.56. The number of carbonyl (C=O) groups is 2. The van der Waals surface area contributed by atoms with Crippen LogP contribution in [0.5, 0.6) is 0 Å². The number of aromatic nitrogens is 3. The van der Waals surface area contributed by atoms with Crippen LogP contribution < -0.4 is 5.32 Å². The van der Waals surface area contributed by atoms with Crippen molar-refractivity contribution >= 4 is 27.7 Å². The van der Waals surface area contributed by atoms with Gasteiger partial charge >= 0.3 is 0 Å². The topological polar surface area (TPSA) is 104 Å². The van der Waals surface area contributed by atoms with Crippen molar-refractivity contribution in [2.24, 2.45) is 0 Å². The Balaban J connectivity index is 1.81. The van der Waals surface area contributed by atoms with Gasteiger partial charge in [0.15, 0.2) is 10.4 Å². The first kappa shape index (κ1) is 14.3. The largest absolute Gasteiger partial charge is 0.444 e. The second-order valence-electron chi connectivity index (χ2n) is 3.97. The molecule has 8 nitrogen and oxygen atoms in total. The average molecular weight is 342 g/mol. The van der Waals surface area contributed by atoms with Crippen LogP contribution in [0.4, 0.5) is 0 Å². The number of aromatic amines is 1. The van der Waals surface area contributed by atoms with E-state index in [0.29, 0.717) is 17.0 Å². The van der Waals surface area contributed by atoms with Crippen LogP contribution in [0.3, 0.4) is 0 Å². The van der Waals surface area contributed by atoms with Crippen LogP contribution in [0, 0.1) is 0 Å². The van der Waals surface area contributed by atoms with Crippen molar-refractivity contribution in [3.05, 3.63) is 34.7 Å². The van der Waals surface area contributed by atoms with Crippen LogP contribution in [0.15, 0.2) is 27.5 Å². The summed E-state index contributed by atoms with van der Waals surface area (Å²) in [7, 11) is 1.61. The highest BCUT2D eigenvalue weighted by Crippen LogP contribution is 2.13. The number of hydrogen-bond donors (Lipinski definition) is 2. The third kappa shape index (κ3) is 3.67. The maximum Gasteiger partial charge on any atom is 0.287 e. The first-order valence-electron chi connectivity index (χ1n) is 5.68. The molecule has 0 aliphatic heterocycles. The van der Waals surface area contributed by atoms with Gasteiger partial charge in [-0.1, -0.05) is 0 Å². The van der Waals surface area contributed by atoms with E-state index in [4.69, 9.17) is 4.42 Å². The van der Waals surface area contributed by atoms with E-state index in [1.54, 1.807) is 13.1 Å². The molecule has 0 fully saturated rings. The van der Waals surface area contributed by atoms with E-state index in [9.17, 15) is 9.59 Å². The van der Waals surface area contributed by atoms with E-state index >= 15 is 0 Å². The summed E-state index contributed by atoms with van der Waals surface area (Å²) in [6.07, 6.45) is 1.37. The Hall–Kier alpha value is -2.16. The summed E-state index contributed by atoms with van der Waals surface area (Å²) < 4.78 is 5.53. The van der Waals surface area contributed by atoms with E-state index in [1.807, 2.05) is 0 Å². The van der Waals surface area contributed by atoms with Gasteiger partial charge in [0.1, 0.15) is 12.2 Å². The summed E-state index contributed by atoms with van der Waals surface area (Å²) in [6, 6.07) is 3.12. The number of hydrogen-bond acceptors (Lipinski definition) is 5. The quantitative estimate of drug-likeness (QED) is 0.826. The fourth-order valence-electron chi connectivity index (χ4n) is 1.43. The lowest BCUT2D eigenvalue weighted by atomic mass is 10.4. The van der Waals surface area contributed by atoms with Crippen molar-refractivity contribution in [3.8, 4) is 0 Å². The molecule has 0 aliphatic carbocycles. The second kappa shape index (κ2) is 6.33. The summed E-state index contributed by atoms with van der Waals surface area (Å²) in [4.78, 5) is 28.8. The number of rotatable bonds is 5. The maximum absolute atomic E-state index is 11.8. The van der Waals surface area contributed by atoms with Gasteiger partial charge in [0.25, 0.3) is 5.91 Å². The van der Waals surface area contributed by atoms with Crippen LogP contribution in [0.2, 0.25) is 0 Å². The van der Waals surface area contributed by atoms with Crippen molar-refractivity contribution < 1.29 is 14.0 Å². The summed E-state index contributed by atoms with van der Waals surface area (Å²) in [6.45, 7) is 0.169. The summed E-state index contributed by atoms with van der Waals surface area (Å²) in [5.74, 6) is 0.0159. The molecular formula is C11H12BrN5O3. The summed E-state index contributed by atoms with van der Waals surface area (Å²) in [5, 5.41) is 8.83. The van der Waals surface area contributed by atoms with Crippen molar-refractivity contribution in [3.63, 3.8) is 0 Å². The highest BCUT2D eigenvalue weighted by atomic mass is 79.9. The molecule has 2 rings (SSSR count). The van der Waals surface area contributed by atoms with Gasteiger partial charge in [-0.3, -0.25) is 14.7 Å². The standard InChI is InChI=1S/C11H12BrN5O3/c1-17(5-9-14-6-15-16-9)10(18)4-13-11(19)7-2-3-8(12)20-7/h2-3,6H,4-5H2,1H3,(H,13,19)(H,14,15,16). The van der Waals surface area contributed by atoms with Crippen LogP contribution in [-0.4, -0.2) is 45.5 Å². The molecular weight excluding hydrogens is 330 g/mol. The maximum atomic E-state index is 11.8. The van der Waals surface area contributed by atoms with Crippen molar-refractivity contribution in [2.75, 3.05) is 13.6 Å². The molecule has 0 spiro atoms. The molecule has 2 amide bonds. The fraction of sp³-hybridized carbons (Fsp3) is 0.273. The number of furan rings is 1. The predicted molar refractivity (Wildman–Crippen MR) is 71.6 cm³/mol. The molecule has 2 aromatic heterocycles.